The maximum atomic E-state index is 10.2. The van der Waals surface area contributed by atoms with Crippen molar-refractivity contribution < 1.29 is 9.84 Å². The lowest BCUT2D eigenvalue weighted by Crippen LogP contribution is -2.46. The van der Waals surface area contributed by atoms with Crippen LogP contribution in [0, 0.1) is 5.92 Å². The van der Waals surface area contributed by atoms with Crippen molar-refractivity contribution >= 4 is 17.5 Å². The number of rotatable bonds is 2. The van der Waals surface area contributed by atoms with Crippen LogP contribution in [0.25, 0.3) is 0 Å². The Kier molecular flexibility index (Phi) is 3.86. The number of nitrogens with zero attached hydrogens (tertiary/aromatic N) is 3. The summed E-state index contributed by atoms with van der Waals surface area (Å²) >= 11 is 5.82. The third-order valence-electron chi connectivity index (χ3n) is 4.02. The molecule has 19 heavy (non-hydrogen) atoms. The largest absolute Gasteiger partial charge is 0.393 e. The minimum Gasteiger partial charge on any atom is -0.393 e. The van der Waals surface area contributed by atoms with Crippen molar-refractivity contribution in [3.63, 3.8) is 0 Å². The van der Waals surface area contributed by atoms with E-state index < -0.39 is 0 Å². The van der Waals surface area contributed by atoms with Gasteiger partial charge in [-0.15, -0.1) is 0 Å². The molecule has 0 radical (unpaired) electrons. The molecular formula is C13H18ClN3O2. The van der Waals surface area contributed by atoms with Crippen molar-refractivity contribution in [2.75, 3.05) is 24.7 Å². The van der Waals surface area contributed by atoms with Crippen LogP contribution in [-0.2, 0) is 4.74 Å². The van der Waals surface area contributed by atoms with Gasteiger partial charge >= 0.3 is 0 Å². The summed E-state index contributed by atoms with van der Waals surface area (Å²) in [6.07, 6.45) is 5.82. The van der Waals surface area contributed by atoms with Crippen LogP contribution in [0.4, 0.5) is 5.95 Å². The Bertz CT molecular complexity index is 428. The van der Waals surface area contributed by atoms with Gasteiger partial charge in [-0.1, -0.05) is 11.6 Å². The van der Waals surface area contributed by atoms with E-state index in [9.17, 15) is 5.11 Å². The zero-order valence-electron chi connectivity index (χ0n) is 10.7. The van der Waals surface area contributed by atoms with Crippen molar-refractivity contribution in [1.82, 2.24) is 9.97 Å². The molecule has 2 aliphatic heterocycles. The molecule has 3 heterocycles. The van der Waals surface area contributed by atoms with Crippen molar-refractivity contribution in [2.45, 2.75) is 31.4 Å². The van der Waals surface area contributed by atoms with Crippen LogP contribution in [0.2, 0.25) is 5.02 Å². The first-order valence-electron chi connectivity index (χ1n) is 6.75. The van der Waals surface area contributed by atoms with Gasteiger partial charge in [-0.05, 0) is 19.3 Å². The molecular weight excluding hydrogens is 266 g/mol. The van der Waals surface area contributed by atoms with E-state index in [2.05, 4.69) is 14.9 Å². The summed E-state index contributed by atoms with van der Waals surface area (Å²) in [5.74, 6) is 0.847. The van der Waals surface area contributed by atoms with Gasteiger partial charge in [0.15, 0.2) is 0 Å². The molecule has 0 aromatic carbocycles. The Labute approximate surface area is 117 Å². The average Bonchev–Trinajstić information content (AvgIpc) is 2.89. The van der Waals surface area contributed by atoms with Gasteiger partial charge in [0.25, 0.3) is 0 Å². The second kappa shape index (κ2) is 5.61. The highest BCUT2D eigenvalue weighted by Crippen LogP contribution is 2.32. The first-order valence-corrected chi connectivity index (χ1v) is 7.13. The summed E-state index contributed by atoms with van der Waals surface area (Å²) in [7, 11) is 0. The molecule has 0 amide bonds. The SMILES string of the molecule is O[C@@H]1CCOC[C@@H]1[C@H]1CCCN1c1ncc(Cl)cn1. The van der Waals surface area contributed by atoms with E-state index in [1.165, 1.54) is 0 Å². The molecule has 0 bridgehead atoms. The second-order valence-electron chi connectivity index (χ2n) is 5.20. The van der Waals surface area contributed by atoms with Crippen molar-refractivity contribution in [3.05, 3.63) is 17.4 Å². The molecule has 0 spiro atoms. The number of anilines is 1. The molecule has 2 saturated heterocycles. The third-order valence-corrected chi connectivity index (χ3v) is 4.21. The number of aliphatic hydroxyl groups excluding tert-OH is 1. The van der Waals surface area contributed by atoms with E-state index in [-0.39, 0.29) is 18.1 Å². The normalized spacial score (nSPS) is 31.7. The van der Waals surface area contributed by atoms with E-state index in [1.807, 2.05) is 0 Å². The summed E-state index contributed by atoms with van der Waals surface area (Å²) in [5, 5.41) is 10.7. The Morgan fingerprint density at radius 3 is 2.84 bits per heavy atom. The van der Waals surface area contributed by atoms with Crippen molar-refractivity contribution in [1.29, 1.82) is 0 Å². The molecule has 0 saturated carbocycles. The molecule has 2 fully saturated rings. The van der Waals surface area contributed by atoms with E-state index >= 15 is 0 Å². The van der Waals surface area contributed by atoms with Crippen molar-refractivity contribution in [2.24, 2.45) is 5.92 Å². The topological polar surface area (TPSA) is 58.5 Å². The Hall–Kier alpha value is -0.910. The van der Waals surface area contributed by atoms with E-state index in [0.29, 0.717) is 24.2 Å². The molecule has 1 N–H and O–H groups in total. The molecule has 6 heteroatoms. The predicted molar refractivity (Wildman–Crippen MR) is 72.3 cm³/mol. The lowest BCUT2D eigenvalue weighted by Gasteiger charge is -2.36. The second-order valence-corrected chi connectivity index (χ2v) is 5.64. The number of aliphatic hydroxyl groups is 1. The van der Waals surface area contributed by atoms with E-state index in [1.54, 1.807) is 12.4 Å². The maximum Gasteiger partial charge on any atom is 0.225 e. The number of ether oxygens (including phenoxy) is 1. The lowest BCUT2D eigenvalue weighted by atomic mass is 9.89. The molecule has 104 valence electrons. The summed E-state index contributed by atoms with van der Waals surface area (Å²) < 4.78 is 5.52. The van der Waals surface area contributed by atoms with Crippen LogP contribution in [0.3, 0.4) is 0 Å². The molecule has 3 atom stereocenters. The van der Waals surface area contributed by atoms with Crippen LogP contribution in [0.5, 0.6) is 0 Å². The fourth-order valence-corrected chi connectivity index (χ4v) is 3.15. The Morgan fingerprint density at radius 2 is 2.11 bits per heavy atom. The molecule has 1 aromatic heterocycles. The molecule has 1 aromatic rings. The number of aromatic nitrogens is 2. The first-order chi connectivity index (χ1) is 9.25. The van der Waals surface area contributed by atoms with Crippen LogP contribution in [-0.4, -0.2) is 47.0 Å². The summed E-state index contributed by atoms with van der Waals surface area (Å²) in [4.78, 5) is 10.8. The highest BCUT2D eigenvalue weighted by molar-refractivity contribution is 6.30. The van der Waals surface area contributed by atoms with Gasteiger partial charge in [0, 0.05) is 25.1 Å². The number of hydrogen-bond acceptors (Lipinski definition) is 5. The molecule has 5 nitrogen and oxygen atoms in total. The summed E-state index contributed by atoms with van der Waals surface area (Å²) in [6, 6.07) is 0.261. The fourth-order valence-electron chi connectivity index (χ4n) is 3.06. The molecule has 0 aliphatic carbocycles. The quantitative estimate of drug-likeness (QED) is 0.891. The minimum atomic E-state index is -0.286. The highest BCUT2D eigenvalue weighted by Gasteiger charge is 2.38. The van der Waals surface area contributed by atoms with Gasteiger partial charge in [0.2, 0.25) is 5.95 Å². The van der Waals surface area contributed by atoms with Gasteiger partial charge in [0.05, 0.1) is 30.1 Å². The Morgan fingerprint density at radius 1 is 1.32 bits per heavy atom. The maximum absolute atomic E-state index is 10.2. The van der Waals surface area contributed by atoms with Gasteiger partial charge in [-0.3, -0.25) is 0 Å². The van der Waals surface area contributed by atoms with Gasteiger partial charge in [-0.25, -0.2) is 9.97 Å². The predicted octanol–water partition coefficient (Wildman–Crippen LogP) is 1.50. The fraction of sp³-hybridized carbons (Fsp3) is 0.692. The minimum absolute atomic E-state index is 0.149. The number of hydrogen-bond donors (Lipinski definition) is 1. The van der Waals surface area contributed by atoms with Gasteiger partial charge in [0.1, 0.15) is 0 Å². The smallest absolute Gasteiger partial charge is 0.225 e. The van der Waals surface area contributed by atoms with Gasteiger partial charge in [-0.2, -0.15) is 0 Å². The summed E-state index contributed by atoms with van der Waals surface area (Å²) in [6.45, 7) is 2.20. The monoisotopic (exact) mass is 283 g/mol. The standard InChI is InChI=1S/C13H18ClN3O2/c14-9-6-15-13(16-7-9)17-4-1-2-11(17)10-8-19-5-3-12(10)18/h6-7,10-12,18H,1-5,8H2/t10-,11-,12-/m1/s1. The molecule has 3 rings (SSSR count). The van der Waals surface area contributed by atoms with Crippen molar-refractivity contribution in [3.8, 4) is 0 Å². The highest BCUT2D eigenvalue weighted by atomic mass is 35.5. The zero-order chi connectivity index (χ0) is 13.2. The van der Waals surface area contributed by atoms with E-state index in [0.717, 1.165) is 25.8 Å². The van der Waals surface area contributed by atoms with Gasteiger partial charge < -0.3 is 14.7 Å². The lowest BCUT2D eigenvalue weighted by molar-refractivity contribution is -0.0438. The van der Waals surface area contributed by atoms with Crippen LogP contribution in [0.1, 0.15) is 19.3 Å². The zero-order valence-corrected chi connectivity index (χ0v) is 11.5. The van der Waals surface area contributed by atoms with Crippen LogP contribution in [0.15, 0.2) is 12.4 Å². The van der Waals surface area contributed by atoms with Crippen LogP contribution < -0.4 is 4.90 Å². The third kappa shape index (κ3) is 2.68. The number of halogens is 1. The van der Waals surface area contributed by atoms with Crippen LogP contribution >= 0.6 is 11.6 Å². The molecule has 2 aliphatic rings. The summed E-state index contributed by atoms with van der Waals surface area (Å²) in [5.41, 5.74) is 0. The first kappa shape index (κ1) is 13.1. The average molecular weight is 284 g/mol. The molecule has 0 unspecified atom stereocenters. The Balaban J connectivity index is 1.79. The van der Waals surface area contributed by atoms with E-state index in [4.69, 9.17) is 16.3 Å².